The van der Waals surface area contributed by atoms with Gasteiger partial charge in [0, 0.05) is 106 Å². The third-order valence-electron chi connectivity index (χ3n) is 21.4. The number of rotatable bonds is 12. The summed E-state index contributed by atoms with van der Waals surface area (Å²) >= 11 is 0. The Kier molecular flexibility index (Phi) is 15.9. The Labute approximate surface area is 644 Å². The van der Waals surface area contributed by atoms with Crippen molar-refractivity contribution in [3.8, 4) is 113 Å². The first-order chi connectivity index (χ1) is 55.5. The van der Waals surface area contributed by atoms with Crippen LogP contribution in [0.1, 0.15) is 0 Å². The number of pyridine rings is 1. The molecule has 0 aliphatic heterocycles. The maximum absolute atomic E-state index is 5.29. The Morgan fingerprint density at radius 1 is 0.179 bits per heavy atom. The topological polar surface area (TPSA) is 110 Å². The summed E-state index contributed by atoms with van der Waals surface area (Å²) < 4.78 is 9.30. The number of aromatic nitrogens is 11. The number of nitrogens with zero attached hydrogens (tertiary/aromatic N) is 11. The quantitative estimate of drug-likeness (QED) is 0.120. The van der Waals surface area contributed by atoms with E-state index in [2.05, 4.69) is 328 Å². The van der Waals surface area contributed by atoms with E-state index in [9.17, 15) is 0 Å². The first-order valence-corrected chi connectivity index (χ1v) is 37.6. The zero-order chi connectivity index (χ0) is 74.0. The fourth-order valence-corrected chi connectivity index (χ4v) is 16.1. The second-order valence-electron chi connectivity index (χ2n) is 28.0. The summed E-state index contributed by atoms with van der Waals surface area (Å²) in [5.74, 6) is 1.83. The van der Waals surface area contributed by atoms with Gasteiger partial charge in [-0.2, -0.15) is 0 Å². The maximum atomic E-state index is 5.29. The second-order valence-corrected chi connectivity index (χ2v) is 28.0. The van der Waals surface area contributed by atoms with Gasteiger partial charge in [-0.1, -0.05) is 243 Å². The molecular formula is C101H65N11. The van der Waals surface area contributed by atoms with Crippen LogP contribution in [0.5, 0.6) is 0 Å². The molecule has 0 N–H and O–H groups in total. The lowest BCUT2D eigenvalue weighted by atomic mass is 10.0. The molecule has 0 amide bonds. The monoisotopic (exact) mass is 1430 g/mol. The zero-order valence-electron chi connectivity index (χ0n) is 60.4. The van der Waals surface area contributed by atoms with Crippen molar-refractivity contribution in [2.24, 2.45) is 0 Å². The van der Waals surface area contributed by atoms with E-state index in [4.69, 9.17) is 34.9 Å². The van der Waals surface area contributed by atoms with E-state index in [-0.39, 0.29) is 0 Å². The fourth-order valence-electron chi connectivity index (χ4n) is 16.1. The molecule has 8 aromatic heterocycles. The van der Waals surface area contributed by atoms with Crippen molar-refractivity contribution < 1.29 is 0 Å². The van der Waals surface area contributed by atoms with Gasteiger partial charge in [-0.05, 0) is 151 Å². The van der Waals surface area contributed by atoms with E-state index in [1.165, 1.54) is 48.9 Å². The minimum atomic E-state index is 0.554. The van der Waals surface area contributed by atoms with Crippen LogP contribution < -0.4 is 0 Å². The summed E-state index contributed by atoms with van der Waals surface area (Å²) in [6.45, 7) is 0. The average molecular weight is 1430 g/mol. The standard InChI is InChI=1S/C51H33N5.C50H32N6/c1-4-14-34(15-5-1)37-32-45(35-16-6-2-7-17-35)52-46(33-37)49-42-21-10-12-22-44(42)53-51(54-49)36-24-26-39(27-25-36)56-48-23-13-11-20-40(48)41-28-29-47-43(50(41)56)30-31-55(47)38-18-8-3-9-19-38;1-4-14-33(15-5-1)43-32-44(34-16-6-2-7-17-34)53-50(52-43)47-40-21-10-12-22-42(40)51-49(54-47)35-24-26-37(27-25-35)56-46-23-13-11-20-38(46)39-28-29-45-41(48(39)56)30-31-55(45)36-18-8-3-9-19-36/h1-33H;1-32H. The number of para-hydroxylation sites is 6. The summed E-state index contributed by atoms with van der Waals surface area (Å²) in [6, 6.07) is 133. The van der Waals surface area contributed by atoms with Gasteiger partial charge in [-0.15, -0.1) is 0 Å². The molecule has 8 heterocycles. The van der Waals surface area contributed by atoms with Crippen LogP contribution >= 0.6 is 0 Å². The molecule has 0 atom stereocenters. The van der Waals surface area contributed by atoms with Crippen molar-refractivity contribution in [1.82, 2.24) is 53.2 Å². The van der Waals surface area contributed by atoms with Crippen LogP contribution in [-0.4, -0.2) is 53.2 Å². The van der Waals surface area contributed by atoms with Gasteiger partial charge in [0.25, 0.3) is 0 Å². The lowest BCUT2D eigenvalue weighted by Crippen LogP contribution is -2.01. The molecule has 14 aromatic carbocycles. The van der Waals surface area contributed by atoms with Gasteiger partial charge in [0.1, 0.15) is 11.4 Å². The normalized spacial score (nSPS) is 11.6. The van der Waals surface area contributed by atoms with Gasteiger partial charge in [0.2, 0.25) is 0 Å². The van der Waals surface area contributed by atoms with Crippen molar-refractivity contribution in [2.75, 3.05) is 0 Å². The van der Waals surface area contributed by atoms with E-state index < -0.39 is 0 Å². The minimum absolute atomic E-state index is 0.554. The summed E-state index contributed by atoms with van der Waals surface area (Å²) in [4.78, 5) is 36.2. The maximum Gasteiger partial charge on any atom is 0.180 e. The van der Waals surface area contributed by atoms with Crippen LogP contribution in [0.4, 0.5) is 0 Å². The Balaban J connectivity index is 0.000000141. The lowest BCUT2D eigenvalue weighted by Gasteiger charge is -2.13. The van der Waals surface area contributed by atoms with E-state index in [0.717, 1.165) is 129 Å². The third kappa shape index (κ3) is 11.5. The highest BCUT2D eigenvalue weighted by atomic mass is 15.0. The molecule has 0 saturated carbocycles. The largest absolute Gasteiger partial charge is 0.316 e. The van der Waals surface area contributed by atoms with Crippen molar-refractivity contribution in [3.63, 3.8) is 0 Å². The summed E-state index contributed by atoms with van der Waals surface area (Å²) in [5.41, 5.74) is 25.1. The van der Waals surface area contributed by atoms with Gasteiger partial charge in [-0.3, -0.25) is 0 Å². The highest BCUT2D eigenvalue weighted by molar-refractivity contribution is 6.20. The molecule has 11 nitrogen and oxygen atoms in total. The Morgan fingerprint density at radius 2 is 0.545 bits per heavy atom. The lowest BCUT2D eigenvalue weighted by molar-refractivity contribution is 1.13. The average Bonchev–Trinajstić information content (AvgIpc) is 1.57. The molecule has 0 saturated heterocycles. The van der Waals surface area contributed by atoms with Gasteiger partial charge in [0.15, 0.2) is 17.5 Å². The predicted octanol–water partition coefficient (Wildman–Crippen LogP) is 24.9. The van der Waals surface area contributed by atoms with Crippen molar-refractivity contribution in [1.29, 1.82) is 0 Å². The van der Waals surface area contributed by atoms with E-state index >= 15 is 0 Å². The molecule has 0 aliphatic rings. The van der Waals surface area contributed by atoms with Crippen LogP contribution in [0, 0.1) is 0 Å². The second kappa shape index (κ2) is 27.5. The predicted molar refractivity (Wildman–Crippen MR) is 458 cm³/mol. The molecule has 0 spiro atoms. The molecule has 0 radical (unpaired) electrons. The molecule has 524 valence electrons. The molecule has 22 aromatic rings. The highest BCUT2D eigenvalue weighted by Gasteiger charge is 2.23. The van der Waals surface area contributed by atoms with E-state index in [1.807, 2.05) is 84.9 Å². The zero-order valence-corrected chi connectivity index (χ0v) is 60.4. The smallest absolute Gasteiger partial charge is 0.180 e. The van der Waals surface area contributed by atoms with Crippen LogP contribution in [0.15, 0.2) is 395 Å². The number of fused-ring (bicyclic) bond motifs is 12. The van der Waals surface area contributed by atoms with Gasteiger partial charge in [-0.25, -0.2) is 34.9 Å². The molecule has 0 unspecified atom stereocenters. The first kappa shape index (κ1) is 65.0. The van der Waals surface area contributed by atoms with E-state index in [0.29, 0.717) is 23.2 Å². The Morgan fingerprint density at radius 3 is 1.00 bits per heavy atom. The van der Waals surface area contributed by atoms with Crippen LogP contribution in [0.2, 0.25) is 0 Å². The van der Waals surface area contributed by atoms with Crippen molar-refractivity contribution in [3.05, 3.63) is 395 Å². The van der Waals surface area contributed by atoms with Crippen molar-refractivity contribution >= 4 is 87.2 Å². The SMILES string of the molecule is c1ccc(-c2cc(-c3ccccc3)nc(-c3nc(-c4ccc(-n5c6ccccc6c6ccc7c(ccn7-c7ccccc7)c65)cc4)nc4ccccc34)c2)cc1.c1ccc(-c2cc(-c3ccccc3)nc(-c3nc(-c4ccc(-n5c6ccccc6c6ccc7c(ccn7-c7ccccc7)c65)cc4)nc4ccccc34)n2)cc1. The van der Waals surface area contributed by atoms with Gasteiger partial charge >= 0.3 is 0 Å². The molecular weight excluding hydrogens is 1370 g/mol. The minimum Gasteiger partial charge on any atom is -0.316 e. The number of hydrogen-bond acceptors (Lipinski definition) is 7. The highest BCUT2D eigenvalue weighted by Crippen LogP contribution is 2.42. The summed E-state index contributed by atoms with van der Waals surface area (Å²) in [6.07, 6.45) is 4.34. The van der Waals surface area contributed by atoms with Crippen molar-refractivity contribution in [2.45, 2.75) is 0 Å². The molecule has 11 heteroatoms. The van der Waals surface area contributed by atoms with E-state index in [1.54, 1.807) is 0 Å². The number of benzene rings is 14. The van der Waals surface area contributed by atoms with Gasteiger partial charge < -0.3 is 18.3 Å². The molecule has 22 rings (SSSR count). The Bertz CT molecular complexity index is 6770. The fraction of sp³-hybridized carbons (Fsp3) is 0. The third-order valence-corrected chi connectivity index (χ3v) is 21.4. The molecule has 0 aliphatic carbocycles. The summed E-state index contributed by atoms with van der Waals surface area (Å²) in [7, 11) is 0. The summed E-state index contributed by atoms with van der Waals surface area (Å²) in [5, 5.41) is 9.15. The number of hydrogen-bond donors (Lipinski definition) is 0. The van der Waals surface area contributed by atoms with Crippen LogP contribution in [0.3, 0.4) is 0 Å². The first-order valence-electron chi connectivity index (χ1n) is 37.6. The van der Waals surface area contributed by atoms with Gasteiger partial charge in [0.05, 0.1) is 66.9 Å². The van der Waals surface area contributed by atoms with Crippen LogP contribution in [0.25, 0.3) is 201 Å². The van der Waals surface area contributed by atoms with Crippen LogP contribution in [-0.2, 0) is 0 Å². The Hall–Kier alpha value is -15.3. The molecule has 0 fully saturated rings. The molecule has 0 bridgehead atoms. The molecule has 112 heavy (non-hydrogen) atoms.